The highest BCUT2D eigenvalue weighted by atomic mass is 32.1. The number of hydrogen-bond donors (Lipinski definition) is 1. The molecule has 3 aromatic rings. The van der Waals surface area contributed by atoms with E-state index in [-0.39, 0.29) is 11.5 Å². The molecule has 142 valence electrons. The van der Waals surface area contributed by atoms with Crippen LogP contribution in [0.5, 0.6) is 5.75 Å². The lowest BCUT2D eigenvalue weighted by Crippen LogP contribution is -2.41. The van der Waals surface area contributed by atoms with E-state index in [9.17, 15) is 0 Å². The van der Waals surface area contributed by atoms with E-state index in [2.05, 4.69) is 61.4 Å². The van der Waals surface area contributed by atoms with Gasteiger partial charge in [-0.3, -0.25) is 4.98 Å². The molecule has 4 nitrogen and oxygen atoms in total. The van der Waals surface area contributed by atoms with Crippen molar-refractivity contribution in [3.63, 3.8) is 0 Å². The largest absolute Gasteiger partial charge is 0.490 e. The van der Waals surface area contributed by atoms with Crippen LogP contribution in [0.4, 0.5) is 0 Å². The average molecular weight is 383 g/mol. The SMILES string of the molecule is CC(C)(C)c1ccc(-c2cc(OC[C@@H]3CNCCO3)c3cccnc3c2)s1. The molecule has 2 aromatic heterocycles. The summed E-state index contributed by atoms with van der Waals surface area (Å²) < 4.78 is 12.0. The number of fused-ring (bicyclic) bond motifs is 1. The third kappa shape index (κ3) is 4.15. The molecule has 0 spiro atoms. The average Bonchev–Trinajstić information content (AvgIpc) is 3.17. The first-order valence-electron chi connectivity index (χ1n) is 9.45. The van der Waals surface area contributed by atoms with Crippen LogP contribution in [0.2, 0.25) is 0 Å². The summed E-state index contributed by atoms with van der Waals surface area (Å²) in [5.74, 6) is 0.871. The first-order chi connectivity index (χ1) is 13.0. The highest BCUT2D eigenvalue weighted by molar-refractivity contribution is 7.15. The summed E-state index contributed by atoms with van der Waals surface area (Å²) in [4.78, 5) is 7.18. The monoisotopic (exact) mass is 382 g/mol. The third-order valence-electron chi connectivity index (χ3n) is 4.74. The van der Waals surface area contributed by atoms with Crippen LogP contribution >= 0.6 is 11.3 Å². The lowest BCUT2D eigenvalue weighted by Gasteiger charge is -2.24. The Hall–Kier alpha value is -1.95. The molecule has 0 amide bonds. The van der Waals surface area contributed by atoms with Crippen molar-refractivity contribution < 1.29 is 9.47 Å². The van der Waals surface area contributed by atoms with E-state index in [1.165, 1.54) is 9.75 Å². The van der Waals surface area contributed by atoms with Crippen molar-refractivity contribution in [3.05, 3.63) is 47.5 Å². The maximum absolute atomic E-state index is 6.19. The van der Waals surface area contributed by atoms with Crippen LogP contribution in [0.15, 0.2) is 42.6 Å². The van der Waals surface area contributed by atoms with Crippen molar-refractivity contribution in [1.82, 2.24) is 10.3 Å². The summed E-state index contributed by atoms with van der Waals surface area (Å²) in [5.41, 5.74) is 2.26. The molecular formula is C22H26N2O2S. The van der Waals surface area contributed by atoms with Gasteiger partial charge in [-0.2, -0.15) is 0 Å². The van der Waals surface area contributed by atoms with Gasteiger partial charge in [0.2, 0.25) is 0 Å². The molecule has 3 heterocycles. The smallest absolute Gasteiger partial charge is 0.129 e. The first kappa shape index (κ1) is 18.4. The summed E-state index contributed by atoms with van der Waals surface area (Å²) in [6, 6.07) is 12.7. The van der Waals surface area contributed by atoms with Crippen LogP contribution in [0.25, 0.3) is 21.3 Å². The zero-order valence-electron chi connectivity index (χ0n) is 16.1. The molecule has 1 atom stereocenters. The van der Waals surface area contributed by atoms with Gasteiger partial charge >= 0.3 is 0 Å². The number of hydrogen-bond acceptors (Lipinski definition) is 5. The summed E-state index contributed by atoms with van der Waals surface area (Å²) in [7, 11) is 0. The van der Waals surface area contributed by atoms with E-state index < -0.39 is 0 Å². The quantitative estimate of drug-likeness (QED) is 0.715. The lowest BCUT2D eigenvalue weighted by molar-refractivity contribution is 0.000519. The molecule has 0 unspecified atom stereocenters. The van der Waals surface area contributed by atoms with Crippen LogP contribution in [-0.2, 0) is 10.2 Å². The Labute approximate surface area is 164 Å². The molecule has 27 heavy (non-hydrogen) atoms. The molecule has 0 saturated carbocycles. The fourth-order valence-corrected chi connectivity index (χ4v) is 4.27. The van der Waals surface area contributed by atoms with Gasteiger partial charge in [0, 0.05) is 34.4 Å². The standard InChI is InChI=1S/C22H26N2O2S/c1-22(2,3)21-7-6-20(27-21)15-11-18-17(5-4-8-24-18)19(12-15)26-14-16-13-23-9-10-25-16/h4-8,11-12,16,23H,9-10,13-14H2,1-3H3/t16-/m0/s1. The van der Waals surface area contributed by atoms with Crippen molar-refractivity contribution in [2.24, 2.45) is 0 Å². The van der Waals surface area contributed by atoms with E-state index in [0.717, 1.165) is 41.9 Å². The van der Waals surface area contributed by atoms with Crippen molar-refractivity contribution in [2.45, 2.75) is 32.3 Å². The number of ether oxygens (including phenoxy) is 2. The molecule has 1 aromatic carbocycles. The van der Waals surface area contributed by atoms with Crippen molar-refractivity contribution >= 4 is 22.2 Å². The number of rotatable bonds is 4. The number of nitrogens with one attached hydrogen (secondary N) is 1. The van der Waals surface area contributed by atoms with Gasteiger partial charge < -0.3 is 14.8 Å². The number of nitrogens with zero attached hydrogens (tertiary/aromatic N) is 1. The topological polar surface area (TPSA) is 43.4 Å². The fraction of sp³-hybridized carbons (Fsp3) is 0.409. The highest BCUT2D eigenvalue weighted by Gasteiger charge is 2.18. The minimum atomic E-state index is 0.0864. The molecule has 1 aliphatic heterocycles. The normalized spacial score (nSPS) is 18.0. The third-order valence-corrected chi connectivity index (χ3v) is 6.30. The maximum Gasteiger partial charge on any atom is 0.129 e. The van der Waals surface area contributed by atoms with Crippen LogP contribution < -0.4 is 10.1 Å². The van der Waals surface area contributed by atoms with Crippen LogP contribution in [0, 0.1) is 0 Å². The lowest BCUT2D eigenvalue weighted by atomic mass is 9.95. The van der Waals surface area contributed by atoms with Gasteiger partial charge in [-0.05, 0) is 47.4 Å². The molecule has 1 saturated heterocycles. The van der Waals surface area contributed by atoms with Crippen molar-refractivity contribution in [3.8, 4) is 16.2 Å². The van der Waals surface area contributed by atoms with Crippen LogP contribution in [-0.4, -0.2) is 37.4 Å². The number of aromatic nitrogens is 1. The molecular weight excluding hydrogens is 356 g/mol. The number of pyridine rings is 1. The second kappa shape index (κ2) is 7.58. The predicted molar refractivity (Wildman–Crippen MR) is 112 cm³/mol. The Balaban J connectivity index is 1.66. The van der Waals surface area contributed by atoms with Crippen molar-refractivity contribution in [2.75, 3.05) is 26.3 Å². The molecule has 4 rings (SSSR count). The molecule has 1 N–H and O–H groups in total. The fourth-order valence-electron chi connectivity index (χ4n) is 3.22. The van der Waals surface area contributed by atoms with Gasteiger partial charge in [0.25, 0.3) is 0 Å². The molecule has 1 fully saturated rings. The maximum atomic E-state index is 6.19. The summed E-state index contributed by atoms with van der Waals surface area (Å²) in [5, 5.41) is 4.39. The molecule has 5 heteroatoms. The van der Waals surface area contributed by atoms with E-state index >= 15 is 0 Å². The Bertz CT molecular complexity index is 923. The zero-order chi connectivity index (χ0) is 18.9. The minimum absolute atomic E-state index is 0.0864. The highest BCUT2D eigenvalue weighted by Crippen LogP contribution is 2.38. The number of benzene rings is 1. The van der Waals surface area contributed by atoms with Gasteiger partial charge in [0.15, 0.2) is 0 Å². The summed E-state index contributed by atoms with van der Waals surface area (Å²) >= 11 is 1.84. The van der Waals surface area contributed by atoms with Gasteiger partial charge in [0.1, 0.15) is 18.5 Å². The van der Waals surface area contributed by atoms with Gasteiger partial charge in [-0.15, -0.1) is 11.3 Å². The second-order valence-electron chi connectivity index (χ2n) is 7.97. The zero-order valence-corrected chi connectivity index (χ0v) is 16.9. The van der Waals surface area contributed by atoms with Gasteiger partial charge in [0.05, 0.1) is 12.1 Å². The van der Waals surface area contributed by atoms with E-state index in [4.69, 9.17) is 9.47 Å². The summed E-state index contributed by atoms with van der Waals surface area (Å²) in [6.07, 6.45) is 1.92. The Morgan fingerprint density at radius 1 is 1.26 bits per heavy atom. The second-order valence-corrected chi connectivity index (χ2v) is 9.05. The molecule has 0 aliphatic carbocycles. The van der Waals surface area contributed by atoms with Gasteiger partial charge in [-0.25, -0.2) is 0 Å². The number of morpholine rings is 1. The predicted octanol–water partition coefficient (Wildman–Crippen LogP) is 4.63. The minimum Gasteiger partial charge on any atom is -0.490 e. The molecule has 1 aliphatic rings. The Morgan fingerprint density at radius 2 is 2.15 bits per heavy atom. The van der Waals surface area contributed by atoms with Crippen LogP contribution in [0.1, 0.15) is 25.6 Å². The van der Waals surface area contributed by atoms with Crippen LogP contribution in [0.3, 0.4) is 0 Å². The van der Waals surface area contributed by atoms with E-state index in [1.807, 2.05) is 23.6 Å². The van der Waals surface area contributed by atoms with E-state index in [1.54, 1.807) is 0 Å². The Kier molecular flexibility index (Phi) is 5.17. The molecule has 0 bridgehead atoms. The Morgan fingerprint density at radius 3 is 2.89 bits per heavy atom. The van der Waals surface area contributed by atoms with Gasteiger partial charge in [-0.1, -0.05) is 20.8 Å². The summed E-state index contributed by atoms with van der Waals surface area (Å²) in [6.45, 7) is 9.76. The number of thiophene rings is 1. The van der Waals surface area contributed by atoms with E-state index in [0.29, 0.717) is 6.61 Å². The first-order valence-corrected chi connectivity index (χ1v) is 10.3. The van der Waals surface area contributed by atoms with Crippen molar-refractivity contribution in [1.29, 1.82) is 0 Å². The molecule has 0 radical (unpaired) electrons.